The Labute approximate surface area is 269 Å². The molecule has 49 heavy (non-hydrogen) atoms. The summed E-state index contributed by atoms with van der Waals surface area (Å²) in [6, 6.07) is 49.6. The molecule has 20 aliphatic rings. The molecule has 20 fully saturated rings. The Morgan fingerprint density at radius 1 is 0.347 bits per heavy atom. The fourth-order valence-corrected chi connectivity index (χ4v) is 222. The van der Waals surface area contributed by atoms with Gasteiger partial charge in [0.25, 0.3) is 0 Å². The molecule has 0 N–H and O–H groups in total. The first-order valence-corrected chi connectivity index (χ1v) is 35.1. The van der Waals surface area contributed by atoms with Crippen molar-refractivity contribution >= 4 is 37.1 Å². The fraction of sp³-hybridized carbons (Fsp3) is 0.467. The van der Waals surface area contributed by atoms with Gasteiger partial charge in [-0.1, -0.05) is 0 Å². The SMILES string of the molecule is c1ccc(P(c2ccccc2)[C]23[CH]4[CH]5[CH]6[CH]2[Fe]56432789[CH]3[CH]2[CH]7[C]8(C[C]24[CH]5[CH]6[CH]7[CH]2[Fe]675428%10%11[CH]4[CH]2[CH]8[C]%10(P(c2ccccc2)c2ccccc2)[CH]4%11)[CH]39)cc1. The van der Waals surface area contributed by atoms with Crippen LogP contribution < -0.4 is 21.2 Å². The first-order chi connectivity index (χ1) is 23.7. The maximum atomic E-state index is 2.63. The van der Waals surface area contributed by atoms with Gasteiger partial charge in [0.05, 0.1) is 0 Å². The van der Waals surface area contributed by atoms with E-state index < -0.39 is 13.0 Å². The van der Waals surface area contributed by atoms with Crippen molar-refractivity contribution < 1.29 is 13.0 Å². The van der Waals surface area contributed by atoms with E-state index in [0.29, 0.717) is 0 Å². The van der Waals surface area contributed by atoms with Crippen molar-refractivity contribution in [2.24, 2.45) is 0 Å². The number of fused-ring (bicyclic) bond motifs is 20. The number of benzene rings is 4. The Balaban J connectivity index is 0.790. The van der Waals surface area contributed by atoms with Gasteiger partial charge in [0.2, 0.25) is 0 Å². The fourth-order valence-electron chi connectivity index (χ4n) is 39.7. The normalized spacial score (nSPS) is 89.7. The third-order valence-electron chi connectivity index (χ3n) is 35.4. The van der Waals surface area contributed by atoms with Gasteiger partial charge < -0.3 is 0 Å². The van der Waals surface area contributed by atoms with Gasteiger partial charge in [-0.25, -0.2) is 0 Å². The van der Waals surface area contributed by atoms with Crippen molar-refractivity contribution in [3.05, 3.63) is 121 Å². The van der Waals surface area contributed by atoms with Crippen LogP contribution in [0.5, 0.6) is 0 Å². The van der Waals surface area contributed by atoms with Crippen LogP contribution in [-0.4, -0.2) is 8.11 Å². The molecule has 0 aliphatic carbocycles. The zero-order chi connectivity index (χ0) is 30.2. The van der Waals surface area contributed by atoms with E-state index in [0.717, 1.165) is 16.7 Å². The Morgan fingerprint density at radius 2 is 0.592 bits per heavy atom. The van der Waals surface area contributed by atoms with Crippen LogP contribution >= 0.6 is 15.8 Å². The standard InChI is InChI=1S/2C17H14P.C11H10.2Fe/c2*1-3-9-15(10-4-1)18(17-13-7-8-14-17)16-11-5-2-6-12-16;1-2-6-10(5-1)9-11-7-3-4-8-11;;/h2*1-14H;1-8H,9H2;;. The van der Waals surface area contributed by atoms with Crippen LogP contribution in [0, 0.1) is 0 Å². The molecule has 16 atom stereocenters. The van der Waals surface area contributed by atoms with Crippen LogP contribution in [0.2, 0.25) is 85.7 Å². The summed E-state index contributed by atoms with van der Waals surface area (Å²) in [7, 11) is -0.372. The molecule has 24 rings (SSSR count). The van der Waals surface area contributed by atoms with Gasteiger partial charge in [-0.05, 0) is 0 Å². The molecule has 4 aromatic carbocycles. The predicted octanol–water partition coefficient (Wildman–Crippen LogP) is 11.0. The van der Waals surface area contributed by atoms with Gasteiger partial charge in [-0.2, -0.15) is 0 Å². The molecule has 4 aromatic rings. The van der Waals surface area contributed by atoms with Crippen LogP contribution in [0.4, 0.5) is 0 Å². The van der Waals surface area contributed by atoms with Gasteiger partial charge in [-0.3, -0.25) is 0 Å². The Kier molecular flexibility index (Phi) is 1.05. The monoisotopic (exact) mass is 752 g/mol. The number of rotatable bonds is 8. The van der Waals surface area contributed by atoms with Crippen molar-refractivity contribution in [2.75, 3.05) is 0 Å². The van der Waals surface area contributed by atoms with Gasteiger partial charge >= 0.3 is 272 Å². The van der Waals surface area contributed by atoms with Gasteiger partial charge in [-0.15, -0.1) is 0 Å². The van der Waals surface area contributed by atoms with Gasteiger partial charge in [0.15, 0.2) is 0 Å². The van der Waals surface area contributed by atoms with E-state index in [9.17, 15) is 0 Å². The Bertz CT molecular complexity index is 3190. The average molecular weight is 752 g/mol. The molecule has 0 bridgehead atoms. The van der Waals surface area contributed by atoms with E-state index in [1.54, 1.807) is 21.2 Å². The van der Waals surface area contributed by atoms with Crippen molar-refractivity contribution in [1.82, 2.24) is 0 Å². The Hall–Kier alpha value is -1.22. The molecule has 244 valence electrons. The van der Waals surface area contributed by atoms with Gasteiger partial charge in [0, 0.05) is 0 Å². The molecule has 0 saturated carbocycles. The minimum atomic E-state index is -3.74. The molecule has 0 nitrogen and oxygen atoms in total. The Morgan fingerprint density at radius 3 is 0.816 bits per heavy atom. The van der Waals surface area contributed by atoms with Crippen LogP contribution in [0.15, 0.2) is 121 Å². The van der Waals surface area contributed by atoms with Crippen LogP contribution in [-0.2, 0) is 13.0 Å². The average Bonchev–Trinajstić information content (AvgIpc) is 4.00. The summed E-state index contributed by atoms with van der Waals surface area (Å²) in [5.74, 6) is 0. The molecular formula is C45H38Fe2P2. The zero-order valence-corrected chi connectivity index (χ0v) is 31.1. The molecule has 20 saturated heterocycles. The summed E-state index contributed by atoms with van der Waals surface area (Å²) in [6.45, 7) is -7.48. The summed E-state index contributed by atoms with van der Waals surface area (Å²) in [5.41, 5.74) is 0. The second kappa shape index (κ2) is 2.46. The second-order valence-corrected chi connectivity index (χ2v) is 78.3. The summed E-state index contributed by atoms with van der Waals surface area (Å²) >= 11 is 0. The minimum absolute atomic E-state index is 0.186. The third kappa shape index (κ3) is 0.351. The molecule has 4 heteroatoms. The molecule has 0 radical (unpaired) electrons. The van der Waals surface area contributed by atoms with E-state index in [-0.39, 0.29) is 15.8 Å². The molecular weight excluding hydrogens is 714 g/mol. The van der Waals surface area contributed by atoms with Crippen LogP contribution in [0.25, 0.3) is 0 Å². The summed E-state index contributed by atoms with van der Waals surface area (Å²) in [4.78, 5) is 22.4. The van der Waals surface area contributed by atoms with Crippen LogP contribution in [0.1, 0.15) is 6.42 Å². The molecule has 0 amide bonds. The van der Waals surface area contributed by atoms with Gasteiger partial charge in [0.1, 0.15) is 0 Å². The summed E-state index contributed by atoms with van der Waals surface area (Å²) in [5, 5.41) is 7.22. The zero-order valence-electron chi connectivity index (χ0n) is 27.1. The molecule has 16 unspecified atom stereocenters. The van der Waals surface area contributed by atoms with Crippen molar-refractivity contribution in [1.29, 1.82) is 0 Å². The van der Waals surface area contributed by atoms with E-state index in [1.807, 2.05) is 6.42 Å². The quantitative estimate of drug-likeness (QED) is 0.124. The third-order valence-corrected chi connectivity index (χ3v) is 136. The van der Waals surface area contributed by atoms with E-state index in [1.165, 1.54) is 77.1 Å². The van der Waals surface area contributed by atoms with Crippen molar-refractivity contribution in [3.8, 4) is 0 Å². The van der Waals surface area contributed by atoms with E-state index in [4.69, 9.17) is 0 Å². The molecule has 20 aliphatic heterocycles. The summed E-state index contributed by atoms with van der Waals surface area (Å²) in [6.07, 6.45) is 1.97. The molecule has 2 spiro atoms. The second-order valence-electron chi connectivity index (χ2n) is 26.0. The van der Waals surface area contributed by atoms with Crippen molar-refractivity contribution in [3.63, 3.8) is 0 Å². The first-order valence-electron chi connectivity index (χ1n) is 20.0. The molecule has 0 aromatic heterocycles. The topological polar surface area (TPSA) is 0 Å². The maximum absolute atomic E-state index is 3.74. The number of hydrogen-bond acceptors (Lipinski definition) is 0. The van der Waals surface area contributed by atoms with Crippen LogP contribution in [0.3, 0.4) is 0 Å². The predicted molar refractivity (Wildman–Crippen MR) is 194 cm³/mol. The van der Waals surface area contributed by atoms with Crippen molar-refractivity contribution in [2.45, 2.75) is 100 Å². The number of hydrogen-bond donors (Lipinski definition) is 0. The summed E-state index contributed by atoms with van der Waals surface area (Å²) < 4.78 is 3.94. The molecule has 20 heterocycles. The van der Waals surface area contributed by atoms with E-state index in [2.05, 4.69) is 121 Å². The van der Waals surface area contributed by atoms with E-state index >= 15 is 0 Å². The first kappa shape index (κ1) is 20.9.